The van der Waals surface area contributed by atoms with Crippen molar-refractivity contribution in [3.05, 3.63) is 78.4 Å². The van der Waals surface area contributed by atoms with E-state index in [-0.39, 0.29) is 28.6 Å². The highest BCUT2D eigenvalue weighted by Gasteiger charge is 2.32. The van der Waals surface area contributed by atoms with Gasteiger partial charge in [0.05, 0.1) is 22.8 Å². The molecule has 1 amide bonds. The molecule has 0 aliphatic heterocycles. The number of benzene rings is 3. The van der Waals surface area contributed by atoms with Crippen molar-refractivity contribution in [2.24, 2.45) is 0 Å². The van der Waals surface area contributed by atoms with E-state index in [1.54, 1.807) is 37.3 Å². The first-order valence-corrected chi connectivity index (χ1v) is 13.1. The molecule has 0 spiro atoms. The fourth-order valence-corrected chi connectivity index (χ4v) is 5.06. The normalized spacial score (nSPS) is 11.7. The molecule has 35 heavy (non-hydrogen) atoms. The number of nitrogens with zero attached hydrogens (tertiary/aromatic N) is 1. The van der Waals surface area contributed by atoms with Crippen LogP contribution >= 0.6 is 11.8 Å². The zero-order chi connectivity index (χ0) is 25.6. The Morgan fingerprint density at radius 3 is 2.34 bits per heavy atom. The fraction of sp³-hybridized carbons (Fsp3) is 0.208. The molecule has 0 saturated carbocycles. The van der Waals surface area contributed by atoms with E-state index in [0.29, 0.717) is 0 Å². The lowest BCUT2D eigenvalue weighted by atomic mass is 10.2. The molecule has 3 rings (SSSR count). The van der Waals surface area contributed by atoms with Gasteiger partial charge in [-0.15, -0.1) is 11.8 Å². The minimum absolute atomic E-state index is 0.0477. The van der Waals surface area contributed by atoms with Crippen LogP contribution in [0, 0.1) is 0 Å². The summed E-state index contributed by atoms with van der Waals surface area (Å²) in [5.74, 6) is -0.578. The van der Waals surface area contributed by atoms with Crippen molar-refractivity contribution in [2.45, 2.75) is 22.9 Å². The Labute approximate surface area is 206 Å². The molecule has 0 atom stereocenters. The fourth-order valence-electron chi connectivity index (χ4n) is 3.22. The van der Waals surface area contributed by atoms with Gasteiger partial charge in [-0.1, -0.05) is 18.2 Å². The van der Waals surface area contributed by atoms with Gasteiger partial charge in [-0.2, -0.15) is 13.2 Å². The van der Waals surface area contributed by atoms with Gasteiger partial charge in [0.2, 0.25) is 5.91 Å². The van der Waals surface area contributed by atoms with Crippen LogP contribution in [-0.2, 0) is 21.0 Å². The summed E-state index contributed by atoms with van der Waals surface area (Å²) in [5.41, 5.74) is -0.914. The summed E-state index contributed by atoms with van der Waals surface area (Å²) in [6.45, 7) is 1.30. The lowest BCUT2D eigenvalue weighted by Gasteiger charge is -2.26. The molecule has 3 aromatic rings. The number of hydrogen-bond acceptors (Lipinski definition) is 5. The van der Waals surface area contributed by atoms with Gasteiger partial charge in [-0.25, -0.2) is 8.42 Å². The highest BCUT2D eigenvalue weighted by atomic mass is 32.2. The van der Waals surface area contributed by atoms with Crippen molar-refractivity contribution in [1.82, 2.24) is 0 Å². The molecule has 0 unspecified atom stereocenters. The van der Waals surface area contributed by atoms with E-state index in [1.165, 1.54) is 36.0 Å². The number of alkyl halides is 3. The predicted molar refractivity (Wildman–Crippen MR) is 130 cm³/mol. The number of rotatable bonds is 9. The number of thioether (sulfide) groups is 1. The number of para-hydroxylation sites is 2. The second kappa shape index (κ2) is 11.0. The maximum Gasteiger partial charge on any atom is 0.416 e. The Kier molecular flexibility index (Phi) is 8.34. The summed E-state index contributed by atoms with van der Waals surface area (Å²) >= 11 is 1.44. The molecule has 0 bridgehead atoms. The number of ether oxygens (including phenoxy) is 1. The summed E-state index contributed by atoms with van der Waals surface area (Å²) in [6.07, 6.45) is -2.73. The molecule has 0 radical (unpaired) electrons. The van der Waals surface area contributed by atoms with Crippen LogP contribution in [0.15, 0.2) is 82.6 Å². The van der Waals surface area contributed by atoms with Crippen LogP contribution < -0.4 is 14.4 Å². The Morgan fingerprint density at radius 2 is 1.71 bits per heavy atom. The maximum atomic E-state index is 13.6. The van der Waals surface area contributed by atoms with Crippen molar-refractivity contribution in [2.75, 3.05) is 29.0 Å². The van der Waals surface area contributed by atoms with E-state index < -0.39 is 34.2 Å². The first-order valence-electron chi connectivity index (χ1n) is 10.4. The van der Waals surface area contributed by atoms with Gasteiger partial charge in [-0.05, 0) is 67.8 Å². The summed E-state index contributed by atoms with van der Waals surface area (Å²) in [4.78, 5) is 13.7. The summed E-state index contributed by atoms with van der Waals surface area (Å²) in [5, 5.41) is 2.36. The monoisotopic (exact) mass is 524 g/mol. The quantitative estimate of drug-likeness (QED) is 0.366. The standard InChI is InChI=1S/C24H23F3N2O4S2/c1-3-33-22-10-5-4-9-21(22)29(35(31,32)20-13-11-19(34-2)12-14-20)16-23(30)28-18-8-6-7-17(15-18)24(25,26)27/h4-15H,3,16H2,1-2H3,(H,28,30). The van der Waals surface area contributed by atoms with Gasteiger partial charge in [0.1, 0.15) is 12.3 Å². The number of carbonyl (C=O) groups is 1. The second-order valence-corrected chi connectivity index (χ2v) is 9.96. The summed E-state index contributed by atoms with van der Waals surface area (Å²) in [7, 11) is -4.24. The zero-order valence-electron chi connectivity index (χ0n) is 18.9. The summed E-state index contributed by atoms with van der Waals surface area (Å²) in [6, 6.07) is 16.6. The van der Waals surface area contributed by atoms with Gasteiger partial charge in [0, 0.05) is 10.6 Å². The molecule has 0 saturated heterocycles. The number of hydrogen-bond donors (Lipinski definition) is 1. The molecule has 3 aromatic carbocycles. The van der Waals surface area contributed by atoms with Crippen molar-refractivity contribution in [3.63, 3.8) is 0 Å². The van der Waals surface area contributed by atoms with Crippen molar-refractivity contribution < 1.29 is 31.1 Å². The minimum atomic E-state index is -4.59. The zero-order valence-corrected chi connectivity index (χ0v) is 20.5. The summed E-state index contributed by atoms with van der Waals surface area (Å²) < 4.78 is 72.8. The van der Waals surface area contributed by atoms with Gasteiger partial charge in [0.25, 0.3) is 10.0 Å². The number of amides is 1. The number of sulfonamides is 1. The van der Waals surface area contributed by atoms with Crippen LogP contribution in [0.2, 0.25) is 0 Å². The van der Waals surface area contributed by atoms with Crippen LogP contribution in [0.3, 0.4) is 0 Å². The van der Waals surface area contributed by atoms with E-state index >= 15 is 0 Å². The number of carbonyl (C=O) groups excluding carboxylic acids is 1. The molecule has 0 fully saturated rings. The van der Waals surface area contributed by atoms with Crippen LogP contribution in [-0.4, -0.2) is 33.7 Å². The Morgan fingerprint density at radius 1 is 1.03 bits per heavy atom. The number of anilines is 2. The van der Waals surface area contributed by atoms with E-state index in [9.17, 15) is 26.4 Å². The predicted octanol–water partition coefficient (Wildman–Crippen LogP) is 5.66. The Bertz CT molecular complexity index is 1280. The molecule has 1 N–H and O–H groups in total. The Hall–Kier alpha value is -3.18. The van der Waals surface area contributed by atoms with Crippen molar-refractivity contribution >= 4 is 39.1 Å². The van der Waals surface area contributed by atoms with Crippen LogP contribution in [0.4, 0.5) is 24.5 Å². The van der Waals surface area contributed by atoms with Gasteiger partial charge < -0.3 is 10.1 Å². The average molecular weight is 525 g/mol. The lowest BCUT2D eigenvalue weighted by Crippen LogP contribution is -2.38. The highest BCUT2D eigenvalue weighted by Crippen LogP contribution is 2.34. The largest absolute Gasteiger partial charge is 0.492 e. The SMILES string of the molecule is CCOc1ccccc1N(CC(=O)Nc1cccc(C(F)(F)F)c1)S(=O)(=O)c1ccc(SC)cc1. The smallest absolute Gasteiger partial charge is 0.416 e. The van der Waals surface area contributed by atoms with E-state index in [1.807, 2.05) is 6.26 Å². The van der Waals surface area contributed by atoms with E-state index in [4.69, 9.17) is 4.74 Å². The van der Waals surface area contributed by atoms with Crippen LogP contribution in [0.25, 0.3) is 0 Å². The Balaban J connectivity index is 1.98. The first-order chi connectivity index (χ1) is 16.6. The van der Waals surface area contributed by atoms with Crippen LogP contribution in [0.5, 0.6) is 5.75 Å². The average Bonchev–Trinajstić information content (AvgIpc) is 2.83. The first kappa shape index (κ1) is 26.4. The van der Waals surface area contributed by atoms with Gasteiger partial charge in [0.15, 0.2) is 0 Å². The second-order valence-electron chi connectivity index (χ2n) is 7.21. The third-order valence-corrected chi connectivity index (χ3v) is 7.36. The highest BCUT2D eigenvalue weighted by molar-refractivity contribution is 7.98. The van der Waals surface area contributed by atoms with Gasteiger partial charge in [-0.3, -0.25) is 9.10 Å². The molecule has 0 aliphatic rings. The minimum Gasteiger partial charge on any atom is -0.492 e. The maximum absolute atomic E-state index is 13.6. The van der Waals surface area contributed by atoms with Crippen molar-refractivity contribution in [1.29, 1.82) is 0 Å². The molecule has 0 aliphatic carbocycles. The molecule has 0 aromatic heterocycles. The van der Waals surface area contributed by atoms with E-state index in [2.05, 4.69) is 5.32 Å². The molecule has 6 nitrogen and oxygen atoms in total. The topological polar surface area (TPSA) is 75.7 Å². The van der Waals surface area contributed by atoms with Gasteiger partial charge >= 0.3 is 6.18 Å². The van der Waals surface area contributed by atoms with Crippen molar-refractivity contribution in [3.8, 4) is 5.75 Å². The number of nitrogens with one attached hydrogen (secondary N) is 1. The molecular formula is C24H23F3N2O4S2. The lowest BCUT2D eigenvalue weighted by molar-refractivity contribution is -0.137. The number of halogens is 3. The third-order valence-electron chi connectivity index (χ3n) is 4.84. The third kappa shape index (κ3) is 6.49. The molecular weight excluding hydrogens is 501 g/mol. The van der Waals surface area contributed by atoms with E-state index in [0.717, 1.165) is 27.4 Å². The molecule has 186 valence electrons. The molecule has 11 heteroatoms. The molecule has 0 heterocycles. The van der Waals surface area contributed by atoms with Crippen LogP contribution in [0.1, 0.15) is 12.5 Å².